The molecule has 31 heavy (non-hydrogen) atoms. The molecule has 0 aliphatic rings. The zero-order valence-corrected chi connectivity index (χ0v) is 19.1. The number of hydrogen-bond acceptors (Lipinski definition) is 5. The molecule has 3 rings (SSSR count). The highest BCUT2D eigenvalue weighted by atomic mass is 35.5. The first kappa shape index (κ1) is 23.1. The summed E-state index contributed by atoms with van der Waals surface area (Å²) in [5.74, 6) is -0.257. The molecule has 0 saturated heterocycles. The molecule has 7 nitrogen and oxygen atoms in total. The predicted octanol–water partition coefficient (Wildman–Crippen LogP) is 4.68. The molecule has 1 amide bonds. The van der Waals surface area contributed by atoms with E-state index in [9.17, 15) is 9.59 Å². The second-order valence-corrected chi connectivity index (χ2v) is 8.60. The summed E-state index contributed by atoms with van der Waals surface area (Å²) in [6.45, 7) is 4.88. The maximum absolute atomic E-state index is 12.8. The Kier molecular flexibility index (Phi) is 7.20. The van der Waals surface area contributed by atoms with Gasteiger partial charge in [-0.2, -0.15) is 0 Å². The summed E-state index contributed by atoms with van der Waals surface area (Å²) in [5, 5.41) is 12.0. The largest absolute Gasteiger partial charge is 0.368 e. The number of amides is 1. The van der Waals surface area contributed by atoms with E-state index in [1.165, 1.54) is 4.68 Å². The van der Waals surface area contributed by atoms with Crippen molar-refractivity contribution < 1.29 is 9.59 Å². The van der Waals surface area contributed by atoms with Crippen molar-refractivity contribution in [1.82, 2.24) is 15.0 Å². The van der Waals surface area contributed by atoms with E-state index in [0.29, 0.717) is 34.4 Å². The Morgan fingerprint density at radius 1 is 1.10 bits per heavy atom. The smallest absolute Gasteiger partial charge is 0.273 e. The summed E-state index contributed by atoms with van der Waals surface area (Å²) in [4.78, 5) is 24.5. The molecule has 10 heteroatoms. The van der Waals surface area contributed by atoms with Crippen molar-refractivity contribution in [2.24, 2.45) is 11.7 Å². The average molecular weight is 481 g/mol. The number of halogens is 3. The Morgan fingerprint density at radius 2 is 1.71 bits per heavy atom. The molecule has 0 unspecified atom stereocenters. The molecule has 2 aromatic carbocycles. The average Bonchev–Trinajstić information content (AvgIpc) is 3.09. The van der Waals surface area contributed by atoms with Crippen LogP contribution in [0.15, 0.2) is 36.4 Å². The first-order chi connectivity index (χ1) is 14.7. The van der Waals surface area contributed by atoms with Gasteiger partial charge in [-0.15, -0.1) is 5.10 Å². The van der Waals surface area contributed by atoms with Crippen LogP contribution in [-0.2, 0) is 6.54 Å². The number of primary amides is 1. The van der Waals surface area contributed by atoms with Gasteiger partial charge >= 0.3 is 0 Å². The summed E-state index contributed by atoms with van der Waals surface area (Å²) < 4.78 is 1.51. The van der Waals surface area contributed by atoms with Gasteiger partial charge in [-0.05, 0) is 47.9 Å². The molecular weight excluding hydrogens is 461 g/mol. The van der Waals surface area contributed by atoms with Crippen LogP contribution in [0.5, 0.6) is 0 Å². The Labute approximate surface area is 194 Å². The molecule has 3 N–H and O–H groups in total. The van der Waals surface area contributed by atoms with Gasteiger partial charge in [0.1, 0.15) is 0 Å². The molecule has 1 heterocycles. The van der Waals surface area contributed by atoms with E-state index >= 15 is 0 Å². The fourth-order valence-corrected chi connectivity index (χ4v) is 3.75. The molecule has 0 aliphatic heterocycles. The lowest BCUT2D eigenvalue weighted by atomic mass is 10.0. The minimum absolute atomic E-state index is 0.0485. The molecule has 3 aromatic rings. The van der Waals surface area contributed by atoms with Crippen LogP contribution in [0.3, 0.4) is 0 Å². The topological polar surface area (TPSA) is 103 Å². The fraction of sp³-hybridized carbons (Fsp3) is 0.238. The minimum atomic E-state index is -0.683. The zero-order chi connectivity index (χ0) is 22.7. The van der Waals surface area contributed by atoms with E-state index in [1.54, 1.807) is 36.4 Å². The van der Waals surface area contributed by atoms with Gasteiger partial charge in [0.15, 0.2) is 17.3 Å². The third kappa shape index (κ3) is 5.36. The molecule has 0 aliphatic carbocycles. The van der Waals surface area contributed by atoms with Gasteiger partial charge in [-0.3, -0.25) is 9.59 Å². The van der Waals surface area contributed by atoms with Crippen molar-refractivity contribution in [1.29, 1.82) is 0 Å². The van der Waals surface area contributed by atoms with Crippen LogP contribution in [0.1, 0.15) is 45.8 Å². The Bertz CT molecular complexity index is 1100. The van der Waals surface area contributed by atoms with Crippen LogP contribution in [0.25, 0.3) is 0 Å². The molecule has 1 aromatic heterocycles. The van der Waals surface area contributed by atoms with Crippen LogP contribution < -0.4 is 11.1 Å². The third-order valence-electron chi connectivity index (χ3n) is 4.41. The molecular formula is C21H20Cl3N5O2. The van der Waals surface area contributed by atoms with Gasteiger partial charge in [0, 0.05) is 17.1 Å². The molecule has 0 fully saturated rings. The van der Waals surface area contributed by atoms with Gasteiger partial charge in [-0.1, -0.05) is 53.9 Å². The quantitative estimate of drug-likeness (QED) is 0.456. The lowest BCUT2D eigenvalue weighted by Crippen LogP contribution is -2.18. The number of ketones is 1. The highest BCUT2D eigenvalue weighted by molar-refractivity contribution is 6.41. The van der Waals surface area contributed by atoms with Crippen molar-refractivity contribution in [2.75, 3.05) is 11.9 Å². The van der Waals surface area contributed by atoms with Crippen LogP contribution in [0, 0.1) is 5.92 Å². The summed E-state index contributed by atoms with van der Waals surface area (Å²) in [7, 11) is 0. The SMILES string of the molecule is CC(C)CNc1c(C(N)=O)nnn1Cc1cc(Cl)c(C(=O)c2ccc(Cl)cc2)c(Cl)c1. The second kappa shape index (κ2) is 9.68. The van der Waals surface area contributed by atoms with E-state index in [1.807, 2.05) is 13.8 Å². The fourth-order valence-electron chi connectivity index (χ4n) is 2.92. The Balaban J connectivity index is 1.91. The van der Waals surface area contributed by atoms with E-state index in [0.717, 1.165) is 0 Å². The van der Waals surface area contributed by atoms with E-state index in [4.69, 9.17) is 40.5 Å². The van der Waals surface area contributed by atoms with Crippen LogP contribution in [-0.4, -0.2) is 33.2 Å². The number of benzene rings is 2. The van der Waals surface area contributed by atoms with Crippen molar-refractivity contribution in [3.05, 3.63) is 73.9 Å². The number of hydrogen-bond donors (Lipinski definition) is 2. The number of carbonyl (C=O) groups is 2. The predicted molar refractivity (Wildman–Crippen MR) is 122 cm³/mol. The van der Waals surface area contributed by atoms with Gasteiger partial charge in [-0.25, -0.2) is 4.68 Å². The van der Waals surface area contributed by atoms with Crippen LogP contribution in [0.2, 0.25) is 15.1 Å². The molecule has 0 saturated carbocycles. The molecule has 0 bridgehead atoms. The lowest BCUT2D eigenvalue weighted by Gasteiger charge is -2.13. The van der Waals surface area contributed by atoms with Gasteiger partial charge < -0.3 is 11.1 Å². The van der Waals surface area contributed by atoms with Crippen LogP contribution >= 0.6 is 34.8 Å². The Morgan fingerprint density at radius 3 is 2.26 bits per heavy atom. The number of nitrogens with one attached hydrogen (secondary N) is 1. The standard InChI is InChI=1S/C21H20Cl3N5O2/c1-11(2)9-26-21-18(20(25)31)27-28-29(21)10-12-7-15(23)17(16(24)8-12)19(30)13-3-5-14(22)6-4-13/h3-8,11,26H,9-10H2,1-2H3,(H2,25,31). The van der Waals surface area contributed by atoms with Crippen molar-refractivity contribution in [2.45, 2.75) is 20.4 Å². The van der Waals surface area contributed by atoms with Crippen LogP contribution in [0.4, 0.5) is 5.82 Å². The number of nitrogens with zero attached hydrogens (tertiary/aromatic N) is 3. The normalized spacial score (nSPS) is 11.0. The number of nitrogens with two attached hydrogens (primary N) is 1. The highest BCUT2D eigenvalue weighted by Crippen LogP contribution is 2.30. The molecule has 0 spiro atoms. The number of carbonyl (C=O) groups excluding carboxylic acids is 2. The van der Waals surface area contributed by atoms with Crippen molar-refractivity contribution in [3.63, 3.8) is 0 Å². The molecule has 162 valence electrons. The van der Waals surface area contributed by atoms with E-state index < -0.39 is 5.91 Å². The zero-order valence-electron chi connectivity index (χ0n) is 16.8. The molecule has 0 radical (unpaired) electrons. The van der Waals surface area contributed by atoms with Gasteiger partial charge in [0.25, 0.3) is 5.91 Å². The number of aromatic nitrogens is 3. The monoisotopic (exact) mass is 479 g/mol. The maximum atomic E-state index is 12.8. The third-order valence-corrected chi connectivity index (χ3v) is 5.26. The first-order valence-electron chi connectivity index (χ1n) is 9.42. The van der Waals surface area contributed by atoms with Gasteiger partial charge in [0.05, 0.1) is 22.2 Å². The first-order valence-corrected chi connectivity index (χ1v) is 10.6. The summed E-state index contributed by atoms with van der Waals surface area (Å²) >= 11 is 18.7. The maximum Gasteiger partial charge on any atom is 0.273 e. The van der Waals surface area contributed by atoms with E-state index in [2.05, 4.69) is 15.6 Å². The minimum Gasteiger partial charge on any atom is -0.368 e. The van der Waals surface area contributed by atoms with Crippen molar-refractivity contribution >= 4 is 52.3 Å². The molecule has 0 atom stereocenters. The van der Waals surface area contributed by atoms with E-state index in [-0.39, 0.29) is 33.6 Å². The lowest BCUT2D eigenvalue weighted by molar-refractivity contribution is 0.0994. The number of rotatable bonds is 8. The summed E-state index contributed by atoms with van der Waals surface area (Å²) in [5.41, 5.74) is 6.75. The highest BCUT2D eigenvalue weighted by Gasteiger charge is 2.21. The number of anilines is 1. The Hall–Kier alpha value is -2.61. The summed E-state index contributed by atoms with van der Waals surface area (Å²) in [6, 6.07) is 9.73. The van der Waals surface area contributed by atoms with Crippen molar-refractivity contribution in [3.8, 4) is 0 Å². The van der Waals surface area contributed by atoms with Gasteiger partial charge in [0.2, 0.25) is 0 Å². The second-order valence-electron chi connectivity index (χ2n) is 7.35. The summed E-state index contributed by atoms with van der Waals surface area (Å²) in [6.07, 6.45) is 0.